The van der Waals surface area contributed by atoms with E-state index in [4.69, 9.17) is 28.2 Å². The number of amides is 3. The van der Waals surface area contributed by atoms with E-state index >= 15 is 4.79 Å². The maximum Gasteiger partial charge on any atom is 0.240 e. The average molecular weight is 809 g/mol. The number of nitrogens with one attached hydrogen (secondary N) is 1. The Morgan fingerprint density at radius 1 is 1.07 bits per heavy atom. The SMILES string of the molecule is [2H]C1([2H])N(C(=O)C[C@H](C(=O)N2C[C@H](Oc3cc(-c4ccccc4)nc4cc(OC)ccc34)C[C@H]2C(=O)C[C@]2(C(=O)NS(=O)(=O)C3CC3)C[C@H]2C=C)C(C)(C)C)C([2H])([2H])C([2H])([2H])C([2H])([2H])C1([2H])[2H]. The molecule has 2 saturated heterocycles. The van der Waals surface area contributed by atoms with Crippen molar-refractivity contribution in [3.63, 3.8) is 0 Å². The Kier molecular flexibility index (Phi) is 8.20. The Bertz CT molecular complexity index is 2600. The fourth-order valence-electron chi connectivity index (χ4n) is 7.66. The molecule has 4 aliphatic rings. The Hall–Kier alpha value is -4.78. The molecular formula is C44H54N4O8S. The van der Waals surface area contributed by atoms with Crippen LogP contribution < -0.4 is 14.2 Å². The molecule has 13 heteroatoms. The second-order valence-electron chi connectivity index (χ2n) is 16.2. The van der Waals surface area contributed by atoms with Crippen LogP contribution in [0.4, 0.5) is 0 Å². The standard InChI is InChI=1S/C44H54N4O8S/c1-6-29-25-44(29,42(52)46-57(53,54)32-16-17-32)26-38(49)37-22-31(27-48(37)41(51)34(43(2,3)4)23-40(50)47-19-11-8-12-20-47)56-39-24-35(28-13-9-7-10-14-28)45-36-21-30(55-5)15-18-33(36)39/h6-7,9-10,13-15,18,21,24,29,31-32,34,37H,1,8,11-12,16-17,19-20,22-23,25-27H2,2-5H3,(H,46,52)/t29-,31-,34-,37+,44-/m1/s1/i8D2,11D2,12D2,19D2,20D2. The fraction of sp³-hybridized carbons (Fsp3) is 0.523. The number of allylic oxidation sites excluding steroid dienone is 1. The highest BCUT2D eigenvalue weighted by Crippen LogP contribution is 2.57. The third-order valence-corrected chi connectivity index (χ3v) is 13.1. The number of ketones is 1. The fourth-order valence-corrected chi connectivity index (χ4v) is 9.04. The monoisotopic (exact) mass is 808 g/mol. The number of pyridine rings is 1. The maximum atomic E-state index is 15.2. The molecule has 1 aromatic heterocycles. The summed E-state index contributed by atoms with van der Waals surface area (Å²) in [7, 11) is -2.51. The summed E-state index contributed by atoms with van der Waals surface area (Å²) in [6, 6.07) is 14.7. The van der Waals surface area contributed by atoms with Crippen LogP contribution in [-0.4, -0.2) is 90.8 Å². The Labute approximate surface area is 349 Å². The van der Waals surface area contributed by atoms with Gasteiger partial charge in [0.25, 0.3) is 0 Å². The minimum absolute atomic E-state index is 0.0987. The third kappa shape index (κ3) is 8.59. The quantitative estimate of drug-likeness (QED) is 0.191. The molecule has 304 valence electrons. The van der Waals surface area contributed by atoms with Gasteiger partial charge in [0.1, 0.15) is 17.6 Å². The van der Waals surface area contributed by atoms with Crippen LogP contribution in [0.3, 0.4) is 0 Å². The van der Waals surface area contributed by atoms with Crippen LogP contribution in [0.5, 0.6) is 11.5 Å². The minimum atomic E-state index is -4.02. The van der Waals surface area contributed by atoms with Crippen LogP contribution in [0.1, 0.15) is 92.1 Å². The number of Topliss-reactive ketones (excluding diaryl/α,β-unsaturated/α-hetero) is 1. The Morgan fingerprint density at radius 2 is 1.79 bits per heavy atom. The van der Waals surface area contributed by atoms with Crippen LogP contribution >= 0.6 is 0 Å². The van der Waals surface area contributed by atoms with Crippen molar-refractivity contribution in [3.05, 3.63) is 67.3 Å². The highest BCUT2D eigenvalue weighted by atomic mass is 32.2. The zero-order valence-electron chi connectivity index (χ0n) is 42.3. The number of carbonyl (C=O) groups excluding carboxylic acids is 4. The van der Waals surface area contributed by atoms with Gasteiger partial charge in [0, 0.05) is 69.0 Å². The highest BCUT2D eigenvalue weighted by molar-refractivity contribution is 7.90. The molecular weight excluding hydrogens is 745 g/mol. The lowest BCUT2D eigenvalue weighted by atomic mass is 9.77. The topological polar surface area (TPSA) is 152 Å². The van der Waals surface area contributed by atoms with E-state index in [0.29, 0.717) is 40.9 Å². The predicted molar refractivity (Wildman–Crippen MR) is 217 cm³/mol. The molecule has 0 spiro atoms. The number of hydrogen-bond acceptors (Lipinski definition) is 9. The molecule has 0 unspecified atom stereocenters. The summed E-state index contributed by atoms with van der Waals surface area (Å²) in [5, 5.41) is -0.176. The first-order chi connectivity index (χ1) is 30.9. The van der Waals surface area contributed by atoms with Crippen LogP contribution in [0.2, 0.25) is 0 Å². The smallest absolute Gasteiger partial charge is 0.240 e. The number of hydrogen-bond donors (Lipinski definition) is 1. The van der Waals surface area contributed by atoms with Crippen LogP contribution in [0, 0.1) is 22.7 Å². The second kappa shape index (κ2) is 15.9. The highest BCUT2D eigenvalue weighted by Gasteiger charge is 2.61. The number of sulfonamides is 1. The number of carbonyl (C=O) groups is 4. The predicted octanol–water partition coefficient (Wildman–Crippen LogP) is 6.08. The van der Waals surface area contributed by atoms with E-state index in [0.717, 1.165) is 5.56 Å². The van der Waals surface area contributed by atoms with E-state index in [1.807, 2.05) is 30.3 Å². The number of piperidine rings is 1. The molecule has 0 radical (unpaired) electrons. The molecule has 2 saturated carbocycles. The van der Waals surface area contributed by atoms with Gasteiger partial charge in [-0.15, -0.1) is 6.58 Å². The van der Waals surface area contributed by atoms with Crippen molar-refractivity contribution in [3.8, 4) is 22.8 Å². The lowest BCUT2D eigenvalue weighted by molar-refractivity contribution is -0.148. The van der Waals surface area contributed by atoms with Gasteiger partial charge in [-0.05, 0) is 61.8 Å². The molecule has 12 nitrogen and oxygen atoms in total. The van der Waals surface area contributed by atoms with E-state index < -0.39 is 119 Å². The van der Waals surface area contributed by atoms with Gasteiger partial charge >= 0.3 is 0 Å². The number of methoxy groups -OCH3 is 1. The van der Waals surface area contributed by atoms with Crippen molar-refractivity contribution >= 4 is 44.4 Å². The molecule has 2 aliphatic carbocycles. The molecule has 1 N–H and O–H groups in total. The van der Waals surface area contributed by atoms with Crippen molar-refractivity contribution in [2.45, 2.75) is 95.8 Å². The van der Waals surface area contributed by atoms with Crippen LogP contribution in [0.15, 0.2) is 67.3 Å². The second-order valence-corrected chi connectivity index (χ2v) is 18.2. The lowest BCUT2D eigenvalue weighted by Gasteiger charge is -2.36. The number of benzene rings is 2. The zero-order valence-corrected chi connectivity index (χ0v) is 33.1. The summed E-state index contributed by atoms with van der Waals surface area (Å²) in [4.78, 5) is 63.8. The lowest BCUT2D eigenvalue weighted by Crippen LogP contribution is -2.49. The first-order valence-corrected chi connectivity index (χ1v) is 20.5. The molecule has 2 aliphatic heterocycles. The number of nitrogens with zero attached hydrogens (tertiary/aromatic N) is 3. The number of rotatable bonds is 14. The van der Waals surface area contributed by atoms with Crippen LogP contribution in [-0.2, 0) is 29.2 Å². The third-order valence-electron chi connectivity index (χ3n) is 11.3. The van der Waals surface area contributed by atoms with Gasteiger partial charge in [0.15, 0.2) is 5.78 Å². The summed E-state index contributed by atoms with van der Waals surface area (Å²) in [5.41, 5.74) is -0.960. The van der Waals surface area contributed by atoms with Crippen molar-refractivity contribution in [1.29, 1.82) is 0 Å². The van der Waals surface area contributed by atoms with E-state index in [1.54, 1.807) is 45.0 Å². The molecule has 3 amide bonds. The largest absolute Gasteiger partial charge is 0.497 e. The molecule has 2 aromatic carbocycles. The first kappa shape index (κ1) is 29.4. The van der Waals surface area contributed by atoms with Gasteiger partial charge in [-0.25, -0.2) is 13.4 Å². The minimum Gasteiger partial charge on any atom is -0.497 e. The summed E-state index contributed by atoms with van der Waals surface area (Å²) >= 11 is 0. The van der Waals surface area contributed by atoms with E-state index in [2.05, 4.69) is 11.3 Å². The number of ether oxygens (including phenoxy) is 2. The number of likely N-dealkylation sites (tertiary alicyclic amines) is 2. The van der Waals surface area contributed by atoms with Crippen LogP contribution in [0.25, 0.3) is 22.2 Å². The van der Waals surface area contributed by atoms with Gasteiger partial charge in [-0.1, -0.05) is 57.2 Å². The summed E-state index contributed by atoms with van der Waals surface area (Å²) in [6.45, 7) is 0.620. The van der Waals surface area contributed by atoms with Crippen molar-refractivity contribution in [1.82, 2.24) is 19.5 Å². The molecule has 3 heterocycles. The Balaban J connectivity index is 1.26. The maximum absolute atomic E-state index is 15.2. The van der Waals surface area contributed by atoms with Crippen molar-refractivity contribution < 1.29 is 50.8 Å². The average Bonchev–Trinajstić information content (AvgIpc) is 4.18. The molecule has 7 rings (SSSR count). The summed E-state index contributed by atoms with van der Waals surface area (Å²) in [5.74, 6) is -5.16. The van der Waals surface area contributed by atoms with Gasteiger partial charge in [-0.3, -0.25) is 23.9 Å². The first-order valence-electron chi connectivity index (χ1n) is 24.0. The van der Waals surface area contributed by atoms with E-state index in [-0.39, 0.29) is 24.3 Å². The molecule has 5 atom stereocenters. The van der Waals surface area contributed by atoms with Crippen molar-refractivity contribution in [2.75, 3.05) is 26.6 Å². The normalized spacial score (nSPS) is 31.1. The zero-order chi connectivity index (χ0) is 49.7. The number of fused-ring (bicyclic) bond motifs is 1. The molecule has 4 fully saturated rings. The Morgan fingerprint density at radius 3 is 2.42 bits per heavy atom. The van der Waals surface area contributed by atoms with Crippen molar-refractivity contribution in [2.24, 2.45) is 22.7 Å². The van der Waals surface area contributed by atoms with Gasteiger partial charge in [0.05, 0.1) is 47.5 Å². The van der Waals surface area contributed by atoms with Gasteiger partial charge in [-0.2, -0.15) is 0 Å². The van der Waals surface area contributed by atoms with Gasteiger partial charge in [0.2, 0.25) is 27.7 Å². The number of aromatic nitrogens is 1. The summed E-state index contributed by atoms with van der Waals surface area (Å²) < 4.78 is 124. The molecule has 57 heavy (non-hydrogen) atoms. The van der Waals surface area contributed by atoms with E-state index in [9.17, 15) is 22.8 Å². The van der Waals surface area contributed by atoms with Gasteiger partial charge < -0.3 is 19.3 Å². The molecule has 3 aromatic rings. The van der Waals surface area contributed by atoms with E-state index in [1.165, 1.54) is 18.1 Å². The molecule has 0 bridgehead atoms. The summed E-state index contributed by atoms with van der Waals surface area (Å²) in [6.07, 6.45) is -11.7.